The standard InChI is InChI=1S/C10H13N5O/c1-7(11)6-9(16)12-10-14-13-8-4-2-3-5-15(8)10/h2-5,7H,6,11H2,1H3,(H,12,14,16). The lowest BCUT2D eigenvalue weighted by Crippen LogP contribution is -2.24. The van der Waals surface area contributed by atoms with E-state index in [1.54, 1.807) is 17.5 Å². The van der Waals surface area contributed by atoms with Crippen molar-refractivity contribution in [2.75, 3.05) is 5.32 Å². The van der Waals surface area contributed by atoms with E-state index in [2.05, 4.69) is 15.5 Å². The Morgan fingerprint density at radius 1 is 1.56 bits per heavy atom. The molecule has 1 unspecified atom stereocenters. The van der Waals surface area contributed by atoms with Gasteiger partial charge in [0.05, 0.1) is 0 Å². The van der Waals surface area contributed by atoms with Gasteiger partial charge >= 0.3 is 0 Å². The monoisotopic (exact) mass is 219 g/mol. The maximum atomic E-state index is 11.5. The Morgan fingerprint density at radius 2 is 2.38 bits per heavy atom. The minimum Gasteiger partial charge on any atom is -0.327 e. The number of aromatic nitrogens is 3. The average Bonchev–Trinajstić information content (AvgIpc) is 2.61. The minimum atomic E-state index is -0.167. The van der Waals surface area contributed by atoms with Crippen LogP contribution in [0.5, 0.6) is 0 Å². The Balaban J connectivity index is 2.18. The molecule has 2 heterocycles. The SMILES string of the molecule is CC(N)CC(=O)Nc1nnc2ccccn12. The Bertz CT molecular complexity index is 505. The van der Waals surface area contributed by atoms with E-state index in [4.69, 9.17) is 5.73 Å². The van der Waals surface area contributed by atoms with Gasteiger partial charge in [-0.25, -0.2) is 0 Å². The van der Waals surface area contributed by atoms with Crippen molar-refractivity contribution in [2.45, 2.75) is 19.4 Å². The van der Waals surface area contributed by atoms with E-state index in [0.29, 0.717) is 11.6 Å². The normalized spacial score (nSPS) is 12.6. The van der Waals surface area contributed by atoms with Gasteiger partial charge < -0.3 is 5.73 Å². The Labute approximate surface area is 92.5 Å². The molecule has 0 radical (unpaired) electrons. The summed E-state index contributed by atoms with van der Waals surface area (Å²) in [5.41, 5.74) is 6.22. The predicted octanol–water partition coefficient (Wildman–Crippen LogP) is 0.405. The third kappa shape index (κ3) is 2.17. The summed E-state index contributed by atoms with van der Waals surface area (Å²) in [4.78, 5) is 11.5. The van der Waals surface area contributed by atoms with Crippen LogP contribution in [-0.4, -0.2) is 26.5 Å². The van der Waals surface area contributed by atoms with Crippen LogP contribution in [0.1, 0.15) is 13.3 Å². The summed E-state index contributed by atoms with van der Waals surface area (Å²) >= 11 is 0. The van der Waals surface area contributed by atoms with Crippen LogP contribution in [0, 0.1) is 0 Å². The van der Waals surface area contributed by atoms with Gasteiger partial charge in [-0.15, -0.1) is 10.2 Å². The highest BCUT2D eigenvalue weighted by Gasteiger charge is 2.09. The second-order valence-electron chi connectivity index (χ2n) is 3.68. The predicted molar refractivity (Wildman–Crippen MR) is 59.9 cm³/mol. The molecule has 0 aliphatic rings. The molecule has 0 aliphatic carbocycles. The number of nitrogens with two attached hydrogens (primary N) is 1. The first-order chi connectivity index (χ1) is 7.66. The van der Waals surface area contributed by atoms with Gasteiger partial charge in [-0.2, -0.15) is 0 Å². The topological polar surface area (TPSA) is 85.3 Å². The molecule has 2 aromatic rings. The van der Waals surface area contributed by atoms with Crippen molar-refractivity contribution in [1.82, 2.24) is 14.6 Å². The molecule has 1 amide bonds. The van der Waals surface area contributed by atoms with Gasteiger partial charge in [0.1, 0.15) is 0 Å². The van der Waals surface area contributed by atoms with Crippen molar-refractivity contribution in [1.29, 1.82) is 0 Å². The molecule has 1 atom stereocenters. The molecule has 0 saturated heterocycles. The largest absolute Gasteiger partial charge is 0.327 e. The lowest BCUT2D eigenvalue weighted by molar-refractivity contribution is -0.116. The smallest absolute Gasteiger partial charge is 0.235 e. The molecule has 6 heteroatoms. The van der Waals surface area contributed by atoms with E-state index in [-0.39, 0.29) is 18.4 Å². The quantitative estimate of drug-likeness (QED) is 0.782. The molecule has 2 rings (SSSR count). The summed E-state index contributed by atoms with van der Waals surface area (Å²) in [5, 5.41) is 10.5. The van der Waals surface area contributed by atoms with Crippen LogP contribution in [0.3, 0.4) is 0 Å². The van der Waals surface area contributed by atoms with Crippen molar-refractivity contribution < 1.29 is 4.79 Å². The lowest BCUT2D eigenvalue weighted by Gasteiger charge is -2.05. The first-order valence-electron chi connectivity index (χ1n) is 5.02. The van der Waals surface area contributed by atoms with Gasteiger partial charge in [0.2, 0.25) is 11.9 Å². The second kappa shape index (κ2) is 4.28. The number of anilines is 1. The Morgan fingerprint density at radius 3 is 3.12 bits per heavy atom. The highest BCUT2D eigenvalue weighted by molar-refractivity contribution is 5.89. The number of nitrogens with one attached hydrogen (secondary N) is 1. The summed E-state index contributed by atoms with van der Waals surface area (Å²) < 4.78 is 1.71. The second-order valence-corrected chi connectivity index (χ2v) is 3.68. The Kier molecular flexibility index (Phi) is 2.82. The van der Waals surface area contributed by atoms with Gasteiger partial charge in [-0.1, -0.05) is 6.07 Å². The number of rotatable bonds is 3. The van der Waals surface area contributed by atoms with Crippen molar-refractivity contribution in [3.63, 3.8) is 0 Å². The van der Waals surface area contributed by atoms with Crippen molar-refractivity contribution in [2.24, 2.45) is 5.73 Å². The molecule has 3 N–H and O–H groups in total. The van der Waals surface area contributed by atoms with Crippen LogP contribution >= 0.6 is 0 Å². The molecule has 0 bridgehead atoms. The number of pyridine rings is 1. The van der Waals surface area contributed by atoms with Crippen LogP contribution < -0.4 is 11.1 Å². The van der Waals surface area contributed by atoms with E-state index in [1.165, 1.54) is 0 Å². The van der Waals surface area contributed by atoms with Crippen LogP contribution in [-0.2, 0) is 4.79 Å². The maximum Gasteiger partial charge on any atom is 0.235 e. The highest BCUT2D eigenvalue weighted by Crippen LogP contribution is 2.07. The van der Waals surface area contributed by atoms with E-state index in [1.807, 2.05) is 18.2 Å². The van der Waals surface area contributed by atoms with Gasteiger partial charge in [0.15, 0.2) is 5.65 Å². The zero-order chi connectivity index (χ0) is 11.5. The molecule has 84 valence electrons. The van der Waals surface area contributed by atoms with Crippen LogP contribution in [0.25, 0.3) is 5.65 Å². The van der Waals surface area contributed by atoms with Crippen LogP contribution in [0.15, 0.2) is 24.4 Å². The first-order valence-corrected chi connectivity index (χ1v) is 5.02. The average molecular weight is 219 g/mol. The lowest BCUT2D eigenvalue weighted by atomic mass is 10.2. The summed E-state index contributed by atoms with van der Waals surface area (Å²) in [6.07, 6.45) is 2.05. The summed E-state index contributed by atoms with van der Waals surface area (Å²) in [6.45, 7) is 1.78. The van der Waals surface area contributed by atoms with E-state index in [9.17, 15) is 4.79 Å². The first kappa shape index (κ1) is 10.6. The molecular weight excluding hydrogens is 206 g/mol. The molecule has 16 heavy (non-hydrogen) atoms. The molecule has 0 fully saturated rings. The number of hydrogen-bond acceptors (Lipinski definition) is 4. The van der Waals surface area contributed by atoms with Gasteiger partial charge in [-0.05, 0) is 19.1 Å². The molecule has 0 saturated carbocycles. The Hall–Kier alpha value is -1.95. The fraction of sp³-hybridized carbons (Fsp3) is 0.300. The van der Waals surface area contributed by atoms with E-state index >= 15 is 0 Å². The van der Waals surface area contributed by atoms with Crippen molar-refractivity contribution in [3.8, 4) is 0 Å². The number of amides is 1. The van der Waals surface area contributed by atoms with Crippen molar-refractivity contribution >= 4 is 17.5 Å². The highest BCUT2D eigenvalue weighted by atomic mass is 16.1. The fourth-order valence-electron chi connectivity index (χ4n) is 1.39. The number of carbonyl (C=O) groups is 1. The number of carbonyl (C=O) groups excluding carboxylic acids is 1. The molecule has 0 spiro atoms. The van der Waals surface area contributed by atoms with Gasteiger partial charge in [0, 0.05) is 18.7 Å². The number of fused-ring (bicyclic) bond motifs is 1. The summed E-state index contributed by atoms with van der Waals surface area (Å²) in [7, 11) is 0. The van der Waals surface area contributed by atoms with E-state index < -0.39 is 0 Å². The zero-order valence-electron chi connectivity index (χ0n) is 8.92. The molecule has 0 aliphatic heterocycles. The number of hydrogen-bond donors (Lipinski definition) is 2. The fourth-order valence-corrected chi connectivity index (χ4v) is 1.39. The number of nitrogens with zero attached hydrogens (tertiary/aromatic N) is 3. The molecule has 2 aromatic heterocycles. The summed E-state index contributed by atoms with van der Waals surface area (Å²) in [6, 6.07) is 5.35. The minimum absolute atomic E-state index is 0.159. The third-order valence-corrected chi connectivity index (χ3v) is 2.07. The molecular formula is C10H13N5O. The molecule has 0 aromatic carbocycles. The van der Waals surface area contributed by atoms with Gasteiger partial charge in [-0.3, -0.25) is 14.5 Å². The molecule has 6 nitrogen and oxygen atoms in total. The third-order valence-electron chi connectivity index (χ3n) is 2.07. The van der Waals surface area contributed by atoms with E-state index in [0.717, 1.165) is 0 Å². The maximum absolute atomic E-state index is 11.5. The summed E-state index contributed by atoms with van der Waals surface area (Å²) in [5.74, 6) is 0.259. The van der Waals surface area contributed by atoms with Crippen molar-refractivity contribution in [3.05, 3.63) is 24.4 Å². The van der Waals surface area contributed by atoms with Gasteiger partial charge in [0.25, 0.3) is 0 Å². The van der Waals surface area contributed by atoms with Crippen LogP contribution in [0.4, 0.5) is 5.95 Å². The van der Waals surface area contributed by atoms with Crippen LogP contribution in [0.2, 0.25) is 0 Å². The zero-order valence-corrected chi connectivity index (χ0v) is 8.92.